The number of hydrogen-bond donors (Lipinski definition) is 2. The second-order valence-corrected chi connectivity index (χ2v) is 4.30. The van der Waals surface area contributed by atoms with E-state index >= 15 is 0 Å². The molecular formula is C11H16OS. The minimum absolute atomic E-state index is 0.570. The van der Waals surface area contributed by atoms with Gasteiger partial charge in [-0.2, -0.15) is 0 Å². The third-order valence-electron chi connectivity index (χ3n) is 2.40. The van der Waals surface area contributed by atoms with Gasteiger partial charge in [-0.05, 0) is 30.4 Å². The van der Waals surface area contributed by atoms with Crippen molar-refractivity contribution in [2.45, 2.75) is 30.6 Å². The first-order chi connectivity index (χ1) is 6.09. The maximum Gasteiger partial charge on any atom is 0.111 e. The van der Waals surface area contributed by atoms with Gasteiger partial charge in [-0.25, -0.2) is 0 Å². The predicted molar refractivity (Wildman–Crippen MR) is 59.8 cm³/mol. The summed E-state index contributed by atoms with van der Waals surface area (Å²) in [5.41, 5.74) is 2.27. The van der Waals surface area contributed by atoms with Gasteiger partial charge in [0.1, 0.15) is 4.93 Å². The first-order valence-corrected chi connectivity index (χ1v) is 4.95. The Labute approximate surface area is 85.3 Å². The first kappa shape index (κ1) is 10.6. The molecule has 0 saturated carbocycles. The molecule has 0 saturated heterocycles. The molecule has 1 unspecified atom stereocenters. The van der Waals surface area contributed by atoms with E-state index in [2.05, 4.69) is 25.8 Å². The van der Waals surface area contributed by atoms with Crippen LogP contribution in [0.2, 0.25) is 0 Å². The molecule has 0 radical (unpaired) electrons. The molecule has 2 heteroatoms. The van der Waals surface area contributed by atoms with Crippen molar-refractivity contribution >= 4 is 12.6 Å². The van der Waals surface area contributed by atoms with Crippen LogP contribution in [-0.4, -0.2) is 10.0 Å². The van der Waals surface area contributed by atoms with Gasteiger partial charge in [0.15, 0.2) is 0 Å². The molecule has 0 aromatic heterocycles. The molecule has 1 aliphatic carbocycles. The van der Waals surface area contributed by atoms with Crippen LogP contribution in [0.25, 0.3) is 0 Å². The number of allylic oxidation sites excluding steroid dienone is 3. The second-order valence-electron chi connectivity index (χ2n) is 3.47. The third-order valence-corrected chi connectivity index (χ3v) is 2.78. The summed E-state index contributed by atoms with van der Waals surface area (Å²) in [5, 5.41) is 9.82. The molecule has 1 rings (SSSR count). The molecular weight excluding hydrogens is 180 g/mol. The number of rotatable bonds is 2. The van der Waals surface area contributed by atoms with Crippen LogP contribution in [-0.2, 0) is 0 Å². The van der Waals surface area contributed by atoms with E-state index in [1.807, 2.05) is 6.08 Å². The fourth-order valence-corrected chi connectivity index (χ4v) is 1.99. The molecule has 1 N–H and O–H groups in total. The van der Waals surface area contributed by atoms with Crippen LogP contribution in [0.1, 0.15) is 25.7 Å². The lowest BCUT2D eigenvalue weighted by atomic mass is 10.0. The lowest BCUT2D eigenvalue weighted by Crippen LogP contribution is -2.19. The van der Waals surface area contributed by atoms with Crippen molar-refractivity contribution in [3.63, 3.8) is 0 Å². The maximum atomic E-state index is 9.82. The van der Waals surface area contributed by atoms with E-state index in [0.717, 1.165) is 24.8 Å². The van der Waals surface area contributed by atoms with E-state index in [0.29, 0.717) is 6.42 Å². The summed E-state index contributed by atoms with van der Waals surface area (Å²) in [5.74, 6) is 0. The third kappa shape index (κ3) is 2.75. The SMILES string of the molecule is C=CC1=C(C=C)CC(O)(S)CCC1. The Morgan fingerprint density at radius 3 is 2.46 bits per heavy atom. The van der Waals surface area contributed by atoms with Gasteiger partial charge in [0.2, 0.25) is 0 Å². The molecule has 1 atom stereocenters. The number of aliphatic hydroxyl groups is 1. The van der Waals surface area contributed by atoms with Gasteiger partial charge < -0.3 is 5.11 Å². The Kier molecular flexibility index (Phi) is 3.40. The Hall–Kier alpha value is -0.470. The summed E-state index contributed by atoms with van der Waals surface area (Å²) in [7, 11) is 0. The van der Waals surface area contributed by atoms with Crippen molar-refractivity contribution in [3.8, 4) is 0 Å². The quantitative estimate of drug-likeness (QED) is 0.514. The van der Waals surface area contributed by atoms with Gasteiger partial charge >= 0.3 is 0 Å². The molecule has 0 aromatic rings. The van der Waals surface area contributed by atoms with Gasteiger partial charge in [-0.1, -0.05) is 25.3 Å². The topological polar surface area (TPSA) is 20.2 Å². The largest absolute Gasteiger partial charge is 0.379 e. The van der Waals surface area contributed by atoms with Crippen molar-refractivity contribution in [1.82, 2.24) is 0 Å². The highest BCUT2D eigenvalue weighted by atomic mass is 32.1. The van der Waals surface area contributed by atoms with E-state index in [4.69, 9.17) is 0 Å². The zero-order valence-electron chi connectivity index (χ0n) is 7.79. The Morgan fingerprint density at radius 1 is 1.31 bits per heavy atom. The minimum Gasteiger partial charge on any atom is -0.379 e. The van der Waals surface area contributed by atoms with Crippen molar-refractivity contribution < 1.29 is 5.11 Å². The van der Waals surface area contributed by atoms with E-state index in [9.17, 15) is 5.11 Å². The van der Waals surface area contributed by atoms with Gasteiger partial charge in [0.25, 0.3) is 0 Å². The van der Waals surface area contributed by atoms with Crippen LogP contribution < -0.4 is 0 Å². The number of thiol groups is 1. The molecule has 0 bridgehead atoms. The average molecular weight is 196 g/mol. The van der Waals surface area contributed by atoms with E-state index < -0.39 is 4.93 Å². The van der Waals surface area contributed by atoms with E-state index in [1.54, 1.807) is 6.08 Å². The van der Waals surface area contributed by atoms with E-state index in [-0.39, 0.29) is 0 Å². The van der Waals surface area contributed by atoms with Crippen LogP contribution in [0.4, 0.5) is 0 Å². The average Bonchev–Trinajstić information content (AvgIpc) is 2.22. The first-order valence-electron chi connectivity index (χ1n) is 4.51. The van der Waals surface area contributed by atoms with Crippen molar-refractivity contribution in [2.24, 2.45) is 0 Å². The van der Waals surface area contributed by atoms with Gasteiger partial charge in [0.05, 0.1) is 0 Å². The molecule has 0 fully saturated rings. The van der Waals surface area contributed by atoms with Crippen LogP contribution >= 0.6 is 12.6 Å². The van der Waals surface area contributed by atoms with Crippen molar-refractivity contribution in [2.75, 3.05) is 0 Å². The lowest BCUT2D eigenvalue weighted by molar-refractivity contribution is 0.131. The molecule has 0 aliphatic heterocycles. The summed E-state index contributed by atoms with van der Waals surface area (Å²) in [4.78, 5) is -0.867. The van der Waals surface area contributed by atoms with Crippen LogP contribution in [0, 0.1) is 0 Å². The Balaban J connectivity index is 2.94. The predicted octanol–water partition coefficient (Wildman–Crippen LogP) is 2.85. The monoisotopic (exact) mass is 196 g/mol. The summed E-state index contributed by atoms with van der Waals surface area (Å²) >= 11 is 4.22. The highest BCUT2D eigenvalue weighted by molar-refractivity contribution is 7.81. The smallest absolute Gasteiger partial charge is 0.111 e. The molecule has 0 amide bonds. The van der Waals surface area contributed by atoms with Gasteiger partial charge in [-0.15, -0.1) is 12.6 Å². The summed E-state index contributed by atoms with van der Waals surface area (Å²) in [6, 6.07) is 0. The molecule has 0 aromatic carbocycles. The molecule has 1 nitrogen and oxygen atoms in total. The van der Waals surface area contributed by atoms with Crippen LogP contribution in [0.3, 0.4) is 0 Å². The maximum absolute atomic E-state index is 9.82. The highest BCUT2D eigenvalue weighted by Crippen LogP contribution is 2.34. The molecule has 72 valence electrons. The molecule has 0 spiro atoms. The molecule has 1 aliphatic rings. The second kappa shape index (κ2) is 4.16. The standard InChI is InChI=1S/C11H16OS/c1-3-9-6-5-7-11(12,13)8-10(9)4-2/h3-4,12-13H,1-2,5-8H2. The van der Waals surface area contributed by atoms with Gasteiger partial charge in [-0.3, -0.25) is 0 Å². The summed E-state index contributed by atoms with van der Waals surface area (Å²) in [6.07, 6.45) is 6.87. The summed E-state index contributed by atoms with van der Waals surface area (Å²) in [6.45, 7) is 7.50. The fraction of sp³-hybridized carbons (Fsp3) is 0.455. The molecule has 13 heavy (non-hydrogen) atoms. The van der Waals surface area contributed by atoms with E-state index in [1.165, 1.54) is 5.57 Å². The zero-order valence-corrected chi connectivity index (χ0v) is 8.69. The zero-order chi connectivity index (χ0) is 9.90. The molecule has 0 heterocycles. The van der Waals surface area contributed by atoms with Crippen LogP contribution in [0.15, 0.2) is 36.5 Å². The lowest BCUT2D eigenvalue weighted by Gasteiger charge is -2.20. The normalized spacial score (nSPS) is 29.7. The van der Waals surface area contributed by atoms with Gasteiger partial charge in [0, 0.05) is 6.42 Å². The summed E-state index contributed by atoms with van der Waals surface area (Å²) < 4.78 is 0. The Morgan fingerprint density at radius 2 is 1.92 bits per heavy atom. The van der Waals surface area contributed by atoms with Crippen molar-refractivity contribution in [1.29, 1.82) is 0 Å². The van der Waals surface area contributed by atoms with Crippen molar-refractivity contribution in [3.05, 3.63) is 36.5 Å². The number of hydrogen-bond acceptors (Lipinski definition) is 2. The fourth-order valence-electron chi connectivity index (χ4n) is 1.67. The van der Waals surface area contributed by atoms with Crippen LogP contribution in [0.5, 0.6) is 0 Å². The minimum atomic E-state index is -0.867. The highest BCUT2D eigenvalue weighted by Gasteiger charge is 2.25. The Bertz CT molecular complexity index is 251.